The highest BCUT2D eigenvalue weighted by Crippen LogP contribution is 2.39. The molecule has 0 saturated carbocycles. The van der Waals surface area contributed by atoms with Crippen molar-refractivity contribution >= 4 is 0 Å². The summed E-state index contributed by atoms with van der Waals surface area (Å²) in [6.07, 6.45) is -12.5. The molecule has 1 aliphatic heterocycles. The summed E-state index contributed by atoms with van der Waals surface area (Å²) in [6, 6.07) is 15.1. The van der Waals surface area contributed by atoms with Gasteiger partial charge in [0.1, 0.15) is 11.6 Å². The van der Waals surface area contributed by atoms with E-state index in [-0.39, 0.29) is 31.3 Å². The topological polar surface area (TPSA) is 72.4 Å². The van der Waals surface area contributed by atoms with E-state index in [2.05, 4.69) is 10.1 Å². The third-order valence-corrected chi connectivity index (χ3v) is 7.20. The Balaban J connectivity index is 1.43. The third-order valence-electron chi connectivity index (χ3n) is 7.20. The molecule has 44 heavy (non-hydrogen) atoms. The molecular weight excluding hydrogens is 597 g/mol. The fourth-order valence-electron chi connectivity index (χ4n) is 5.03. The number of nitrogens with one attached hydrogen (secondary N) is 1. The number of ether oxygens (including phenoxy) is 2. The van der Waals surface area contributed by atoms with E-state index >= 15 is 0 Å². The van der Waals surface area contributed by atoms with E-state index in [0.717, 1.165) is 5.56 Å². The molecule has 3 atom stereocenters. The van der Waals surface area contributed by atoms with E-state index < -0.39 is 53.4 Å². The molecule has 0 spiro atoms. The lowest BCUT2D eigenvalue weighted by atomic mass is 10.0. The molecule has 0 unspecified atom stereocenters. The Bertz CT molecular complexity index is 1590. The van der Waals surface area contributed by atoms with Gasteiger partial charge in [-0.3, -0.25) is 9.88 Å². The molecule has 1 N–H and O–H groups in total. The van der Waals surface area contributed by atoms with Crippen LogP contribution >= 0.6 is 0 Å². The summed E-state index contributed by atoms with van der Waals surface area (Å²) in [5.74, 6) is -0.213. The van der Waals surface area contributed by atoms with E-state index in [1.165, 1.54) is 35.9 Å². The van der Waals surface area contributed by atoms with Gasteiger partial charge < -0.3 is 9.47 Å². The van der Waals surface area contributed by atoms with Crippen molar-refractivity contribution in [3.05, 3.63) is 123 Å². The number of hydrogen-bond acceptors (Lipinski definition) is 5. The van der Waals surface area contributed by atoms with Crippen molar-refractivity contribution in [1.29, 1.82) is 0 Å². The highest BCUT2D eigenvalue weighted by Gasteiger charge is 2.39. The average Bonchev–Trinajstić information content (AvgIpc) is 3.31. The van der Waals surface area contributed by atoms with Crippen LogP contribution in [0.3, 0.4) is 0 Å². The molecule has 14 heteroatoms. The van der Waals surface area contributed by atoms with Crippen molar-refractivity contribution in [2.45, 2.75) is 50.8 Å². The standard InChI is InChI=1S/C30H27F7N4O3/c1-18(21-13-22(29(32,33)34)15-23(14-21)30(35,36)37)44-27-26(20-7-9-24(31)10-8-20)40(11-12-43-27)17-25-38-28(42)41(39-25)16-19-5-3-2-4-6-19/h2-10,13-15,18,26-27H,11-12,16-17H2,1H3,(H,38,39,42)/t18-,26+,27-/m1/s1. The summed E-state index contributed by atoms with van der Waals surface area (Å²) < 4.78 is 108. The van der Waals surface area contributed by atoms with Crippen LogP contribution in [0.1, 0.15) is 52.7 Å². The summed E-state index contributed by atoms with van der Waals surface area (Å²) in [6.45, 7) is 2.01. The molecular formula is C30H27F7N4O3. The highest BCUT2D eigenvalue weighted by molar-refractivity contribution is 5.35. The molecule has 0 amide bonds. The first-order valence-corrected chi connectivity index (χ1v) is 13.5. The average molecular weight is 625 g/mol. The number of benzene rings is 3. The molecule has 3 aromatic carbocycles. The van der Waals surface area contributed by atoms with Gasteiger partial charge in [-0.1, -0.05) is 42.5 Å². The lowest BCUT2D eigenvalue weighted by Gasteiger charge is -2.41. The summed E-state index contributed by atoms with van der Waals surface area (Å²) >= 11 is 0. The Morgan fingerprint density at radius 2 is 1.59 bits per heavy atom. The monoisotopic (exact) mass is 624 g/mol. The number of aromatic amines is 1. The minimum absolute atomic E-state index is 0.0497. The number of alkyl halides is 6. The number of H-pyrrole nitrogens is 1. The number of halogens is 7. The molecule has 234 valence electrons. The molecule has 2 heterocycles. The molecule has 5 rings (SSSR count). The smallest absolute Gasteiger partial charge is 0.349 e. The van der Waals surface area contributed by atoms with Crippen LogP contribution in [0.5, 0.6) is 0 Å². The van der Waals surface area contributed by atoms with Crippen LogP contribution in [-0.2, 0) is 34.9 Å². The zero-order chi connectivity index (χ0) is 31.6. The number of aromatic nitrogens is 3. The summed E-state index contributed by atoms with van der Waals surface area (Å²) in [7, 11) is 0. The lowest BCUT2D eigenvalue weighted by Crippen LogP contribution is -2.46. The molecule has 1 aliphatic rings. The first kappa shape index (κ1) is 31.4. The minimum Gasteiger partial charge on any atom is -0.349 e. The third kappa shape index (κ3) is 7.37. The molecule has 7 nitrogen and oxygen atoms in total. The molecule has 1 aromatic heterocycles. The first-order valence-electron chi connectivity index (χ1n) is 13.5. The van der Waals surface area contributed by atoms with Gasteiger partial charge >= 0.3 is 18.0 Å². The molecule has 1 fully saturated rings. The van der Waals surface area contributed by atoms with Gasteiger partial charge in [0.05, 0.1) is 43.0 Å². The van der Waals surface area contributed by atoms with Crippen molar-refractivity contribution in [3.8, 4) is 0 Å². The molecule has 0 bridgehead atoms. The second-order valence-corrected chi connectivity index (χ2v) is 10.3. The van der Waals surface area contributed by atoms with Crippen molar-refractivity contribution in [2.24, 2.45) is 0 Å². The molecule has 1 saturated heterocycles. The SMILES string of the molecule is C[C@@H](O[C@H]1OCCN(Cc2nn(Cc3ccccc3)c(=O)[nH]2)[C@H]1c1ccc(F)cc1)c1cc(C(F)(F)F)cc(C(F)(F)F)c1. The van der Waals surface area contributed by atoms with E-state index in [0.29, 0.717) is 30.1 Å². The predicted octanol–water partition coefficient (Wildman–Crippen LogP) is 6.47. The van der Waals surface area contributed by atoms with Crippen molar-refractivity contribution in [2.75, 3.05) is 13.2 Å². The van der Waals surface area contributed by atoms with Crippen LogP contribution < -0.4 is 5.69 Å². The van der Waals surface area contributed by atoms with Gasteiger partial charge in [-0.05, 0) is 53.9 Å². The van der Waals surface area contributed by atoms with Crippen molar-refractivity contribution in [3.63, 3.8) is 0 Å². The largest absolute Gasteiger partial charge is 0.416 e. The molecule has 4 aromatic rings. The second-order valence-electron chi connectivity index (χ2n) is 10.3. The summed E-state index contributed by atoms with van der Waals surface area (Å²) in [5.41, 5.74) is -2.36. The Kier molecular flexibility index (Phi) is 8.95. The van der Waals surface area contributed by atoms with E-state index in [4.69, 9.17) is 9.47 Å². The Morgan fingerprint density at radius 3 is 2.20 bits per heavy atom. The first-order chi connectivity index (χ1) is 20.8. The van der Waals surface area contributed by atoms with Crippen LogP contribution in [0, 0.1) is 5.82 Å². The van der Waals surface area contributed by atoms with Crippen molar-refractivity contribution < 1.29 is 40.2 Å². The maximum absolute atomic E-state index is 13.8. The highest BCUT2D eigenvalue weighted by atomic mass is 19.4. The van der Waals surface area contributed by atoms with Crippen LogP contribution in [0.4, 0.5) is 30.7 Å². The lowest BCUT2D eigenvalue weighted by molar-refractivity contribution is -0.231. The minimum atomic E-state index is -5.02. The molecule has 0 radical (unpaired) electrons. The van der Waals surface area contributed by atoms with Crippen LogP contribution in [0.25, 0.3) is 0 Å². The van der Waals surface area contributed by atoms with Gasteiger partial charge in [0.15, 0.2) is 6.29 Å². The van der Waals surface area contributed by atoms with Gasteiger partial charge in [-0.15, -0.1) is 0 Å². The number of rotatable bonds is 8. The fourth-order valence-corrected chi connectivity index (χ4v) is 5.03. The van der Waals surface area contributed by atoms with Gasteiger partial charge in [-0.2, -0.15) is 31.4 Å². The number of hydrogen-bond donors (Lipinski definition) is 1. The number of morpholine rings is 1. The van der Waals surface area contributed by atoms with Gasteiger partial charge in [0, 0.05) is 6.54 Å². The zero-order valence-corrected chi connectivity index (χ0v) is 23.2. The predicted molar refractivity (Wildman–Crippen MR) is 144 cm³/mol. The Hall–Kier alpha value is -4.01. The van der Waals surface area contributed by atoms with Gasteiger partial charge in [0.25, 0.3) is 0 Å². The second kappa shape index (κ2) is 12.5. The van der Waals surface area contributed by atoms with E-state index in [9.17, 15) is 35.5 Å². The fraction of sp³-hybridized carbons (Fsp3) is 0.333. The Morgan fingerprint density at radius 1 is 0.955 bits per heavy atom. The zero-order valence-electron chi connectivity index (χ0n) is 23.2. The van der Waals surface area contributed by atoms with Gasteiger partial charge in [-0.25, -0.2) is 13.9 Å². The van der Waals surface area contributed by atoms with E-state index in [1.807, 2.05) is 35.2 Å². The quantitative estimate of drug-likeness (QED) is 0.228. The van der Waals surface area contributed by atoms with Crippen LogP contribution in [-0.4, -0.2) is 39.1 Å². The Labute approximate surface area is 246 Å². The maximum atomic E-state index is 13.8. The van der Waals surface area contributed by atoms with Gasteiger partial charge in [0.2, 0.25) is 0 Å². The summed E-state index contributed by atoms with van der Waals surface area (Å²) in [5, 5.41) is 4.39. The number of nitrogens with zero attached hydrogens (tertiary/aromatic N) is 3. The molecule has 0 aliphatic carbocycles. The van der Waals surface area contributed by atoms with Crippen LogP contribution in [0.2, 0.25) is 0 Å². The normalized spacial score (nSPS) is 18.8. The summed E-state index contributed by atoms with van der Waals surface area (Å²) in [4.78, 5) is 17.2. The maximum Gasteiger partial charge on any atom is 0.416 e. The van der Waals surface area contributed by atoms with Crippen LogP contribution in [0.15, 0.2) is 77.6 Å². The van der Waals surface area contributed by atoms with E-state index in [1.54, 1.807) is 0 Å². The van der Waals surface area contributed by atoms with Crippen molar-refractivity contribution in [1.82, 2.24) is 19.7 Å².